The minimum atomic E-state index is -0.499. The van der Waals surface area contributed by atoms with Crippen LogP contribution < -0.4 is 5.32 Å². The number of carbonyl (C=O) groups excluding carboxylic acids is 2. The molecule has 6 heteroatoms. The highest BCUT2D eigenvalue weighted by molar-refractivity contribution is 5.68. The van der Waals surface area contributed by atoms with Crippen molar-refractivity contribution in [1.82, 2.24) is 10.2 Å². The first-order valence-corrected chi connectivity index (χ1v) is 8.85. The number of ether oxygens (including phenoxy) is 2. The molecule has 1 saturated heterocycles. The van der Waals surface area contributed by atoms with E-state index in [2.05, 4.69) is 5.32 Å². The molecular weight excluding hydrogens is 308 g/mol. The van der Waals surface area contributed by atoms with E-state index in [1.165, 1.54) is 0 Å². The molecule has 140 valence electrons. The van der Waals surface area contributed by atoms with Gasteiger partial charge >= 0.3 is 12.2 Å². The van der Waals surface area contributed by atoms with Crippen LogP contribution in [-0.2, 0) is 9.47 Å². The third kappa shape index (κ3) is 7.88. The van der Waals surface area contributed by atoms with Crippen LogP contribution in [-0.4, -0.2) is 47.4 Å². The van der Waals surface area contributed by atoms with E-state index in [9.17, 15) is 9.59 Å². The van der Waals surface area contributed by atoms with Gasteiger partial charge in [-0.1, -0.05) is 0 Å². The van der Waals surface area contributed by atoms with Crippen LogP contribution in [0.5, 0.6) is 0 Å². The van der Waals surface area contributed by atoms with Gasteiger partial charge in [0.2, 0.25) is 0 Å². The molecule has 1 heterocycles. The number of likely N-dealkylation sites (tertiary alicyclic amines) is 1. The predicted molar refractivity (Wildman–Crippen MR) is 94.0 cm³/mol. The lowest BCUT2D eigenvalue weighted by molar-refractivity contribution is 0.0252. The van der Waals surface area contributed by atoms with Crippen molar-refractivity contribution in [3.63, 3.8) is 0 Å². The van der Waals surface area contributed by atoms with Crippen molar-refractivity contribution in [2.75, 3.05) is 13.1 Å². The van der Waals surface area contributed by atoms with Crippen molar-refractivity contribution in [3.8, 4) is 0 Å². The Bertz CT molecular complexity index is 437. The van der Waals surface area contributed by atoms with Gasteiger partial charge < -0.3 is 19.7 Å². The van der Waals surface area contributed by atoms with Crippen molar-refractivity contribution in [2.45, 2.75) is 85.0 Å². The molecule has 0 spiro atoms. The van der Waals surface area contributed by atoms with Crippen molar-refractivity contribution in [2.24, 2.45) is 5.92 Å². The average molecular weight is 342 g/mol. The van der Waals surface area contributed by atoms with Gasteiger partial charge in [-0.3, -0.25) is 0 Å². The zero-order valence-corrected chi connectivity index (χ0v) is 16.3. The van der Waals surface area contributed by atoms with Crippen LogP contribution in [0.1, 0.15) is 67.7 Å². The van der Waals surface area contributed by atoms with Gasteiger partial charge in [-0.2, -0.15) is 0 Å². The van der Waals surface area contributed by atoms with Gasteiger partial charge in [0, 0.05) is 19.1 Å². The number of amides is 2. The number of hydrogen-bond acceptors (Lipinski definition) is 4. The Labute approximate surface area is 146 Å². The van der Waals surface area contributed by atoms with Crippen molar-refractivity contribution >= 4 is 12.2 Å². The van der Waals surface area contributed by atoms with Crippen LogP contribution in [0, 0.1) is 5.92 Å². The molecule has 0 aromatic carbocycles. The SMILES string of the molecule is CC(NC(=O)OC(C)(C)C)C1CCCN(C(=O)OC(C)(C)C)CC1. The molecule has 0 aliphatic carbocycles. The molecule has 0 bridgehead atoms. The van der Waals surface area contributed by atoms with Crippen LogP contribution >= 0.6 is 0 Å². The molecule has 0 saturated carbocycles. The summed E-state index contributed by atoms with van der Waals surface area (Å²) in [5, 5.41) is 2.92. The van der Waals surface area contributed by atoms with Crippen LogP contribution in [0.15, 0.2) is 0 Å². The molecule has 0 aromatic heterocycles. The third-order valence-corrected chi connectivity index (χ3v) is 3.88. The smallest absolute Gasteiger partial charge is 0.410 e. The highest BCUT2D eigenvalue weighted by Crippen LogP contribution is 2.22. The lowest BCUT2D eigenvalue weighted by Gasteiger charge is -2.27. The van der Waals surface area contributed by atoms with Gasteiger partial charge in [-0.15, -0.1) is 0 Å². The summed E-state index contributed by atoms with van der Waals surface area (Å²) in [4.78, 5) is 25.9. The third-order valence-electron chi connectivity index (χ3n) is 3.88. The average Bonchev–Trinajstić information content (AvgIpc) is 2.59. The Morgan fingerprint density at radius 2 is 1.58 bits per heavy atom. The number of hydrogen-bond donors (Lipinski definition) is 1. The minimum Gasteiger partial charge on any atom is -0.444 e. The zero-order chi connectivity index (χ0) is 18.5. The maximum Gasteiger partial charge on any atom is 0.410 e. The van der Waals surface area contributed by atoms with E-state index in [1.807, 2.05) is 48.5 Å². The van der Waals surface area contributed by atoms with Gasteiger partial charge in [0.05, 0.1) is 0 Å². The van der Waals surface area contributed by atoms with Crippen LogP contribution in [0.4, 0.5) is 9.59 Å². The normalized spacial score (nSPS) is 20.8. The number of nitrogens with one attached hydrogen (secondary N) is 1. The Balaban J connectivity index is 2.50. The summed E-state index contributed by atoms with van der Waals surface area (Å²) in [5.41, 5.74) is -0.977. The lowest BCUT2D eigenvalue weighted by atomic mass is 9.93. The summed E-state index contributed by atoms with van der Waals surface area (Å²) in [5.74, 6) is 0.324. The van der Waals surface area contributed by atoms with Crippen molar-refractivity contribution < 1.29 is 19.1 Å². The molecule has 1 fully saturated rings. The fraction of sp³-hybridized carbons (Fsp3) is 0.889. The first-order valence-electron chi connectivity index (χ1n) is 8.85. The van der Waals surface area contributed by atoms with Crippen molar-refractivity contribution in [3.05, 3.63) is 0 Å². The molecule has 1 aliphatic rings. The second-order valence-electron chi connectivity index (χ2n) is 8.59. The molecule has 1 N–H and O–H groups in total. The van der Waals surface area contributed by atoms with Crippen LogP contribution in [0.3, 0.4) is 0 Å². The number of carbonyl (C=O) groups is 2. The fourth-order valence-corrected chi connectivity index (χ4v) is 2.74. The van der Waals surface area contributed by atoms with Gasteiger partial charge in [0.1, 0.15) is 11.2 Å². The van der Waals surface area contributed by atoms with E-state index in [-0.39, 0.29) is 18.2 Å². The van der Waals surface area contributed by atoms with E-state index in [4.69, 9.17) is 9.47 Å². The summed E-state index contributed by atoms with van der Waals surface area (Å²) < 4.78 is 10.8. The molecule has 2 amide bonds. The van der Waals surface area contributed by atoms with Gasteiger partial charge in [0.15, 0.2) is 0 Å². The van der Waals surface area contributed by atoms with E-state index >= 15 is 0 Å². The van der Waals surface area contributed by atoms with E-state index in [0.29, 0.717) is 19.0 Å². The highest BCUT2D eigenvalue weighted by atomic mass is 16.6. The Kier molecular flexibility index (Phi) is 6.93. The summed E-state index contributed by atoms with van der Waals surface area (Å²) in [6.07, 6.45) is 2.08. The molecular formula is C18H34N2O4. The molecule has 0 radical (unpaired) electrons. The number of alkyl carbamates (subject to hydrolysis) is 1. The molecule has 2 unspecified atom stereocenters. The zero-order valence-electron chi connectivity index (χ0n) is 16.3. The van der Waals surface area contributed by atoms with Gasteiger partial charge in [0.25, 0.3) is 0 Å². The Hall–Kier alpha value is -1.46. The lowest BCUT2D eigenvalue weighted by Crippen LogP contribution is -2.42. The summed E-state index contributed by atoms with van der Waals surface area (Å²) in [6, 6.07) is 0.0124. The molecule has 0 aromatic rings. The first-order chi connectivity index (χ1) is 10.9. The standard InChI is InChI=1S/C18H34N2O4/c1-13(19-15(21)23-17(2,3)4)14-9-8-11-20(12-10-14)16(22)24-18(5,6)7/h13-14H,8-12H2,1-7H3,(H,19,21). The van der Waals surface area contributed by atoms with E-state index in [0.717, 1.165) is 19.3 Å². The van der Waals surface area contributed by atoms with Crippen molar-refractivity contribution in [1.29, 1.82) is 0 Å². The maximum absolute atomic E-state index is 12.2. The van der Waals surface area contributed by atoms with Gasteiger partial charge in [-0.05, 0) is 73.6 Å². The quantitative estimate of drug-likeness (QED) is 0.825. The Morgan fingerprint density at radius 3 is 2.12 bits per heavy atom. The van der Waals surface area contributed by atoms with E-state index in [1.54, 1.807) is 4.90 Å². The monoisotopic (exact) mass is 342 g/mol. The topological polar surface area (TPSA) is 67.9 Å². The van der Waals surface area contributed by atoms with Crippen LogP contribution in [0.2, 0.25) is 0 Å². The molecule has 1 rings (SSSR count). The van der Waals surface area contributed by atoms with Crippen LogP contribution in [0.25, 0.3) is 0 Å². The maximum atomic E-state index is 12.2. The molecule has 2 atom stereocenters. The second-order valence-corrected chi connectivity index (χ2v) is 8.59. The molecule has 6 nitrogen and oxygen atoms in total. The Morgan fingerprint density at radius 1 is 1.00 bits per heavy atom. The second kappa shape index (κ2) is 8.08. The predicted octanol–water partition coefficient (Wildman–Crippen LogP) is 3.94. The fourth-order valence-electron chi connectivity index (χ4n) is 2.74. The van der Waals surface area contributed by atoms with Gasteiger partial charge in [-0.25, -0.2) is 9.59 Å². The summed E-state index contributed by atoms with van der Waals surface area (Å²) in [6.45, 7) is 14.5. The molecule has 24 heavy (non-hydrogen) atoms. The number of nitrogens with zero attached hydrogens (tertiary/aromatic N) is 1. The largest absolute Gasteiger partial charge is 0.444 e. The first kappa shape index (κ1) is 20.6. The summed E-state index contributed by atoms with van der Waals surface area (Å²) in [7, 11) is 0. The number of rotatable bonds is 2. The van der Waals surface area contributed by atoms with E-state index < -0.39 is 11.2 Å². The highest BCUT2D eigenvalue weighted by Gasteiger charge is 2.28. The minimum absolute atomic E-state index is 0.0124. The molecule has 1 aliphatic heterocycles. The summed E-state index contributed by atoms with van der Waals surface area (Å²) >= 11 is 0.